The van der Waals surface area contributed by atoms with E-state index in [2.05, 4.69) is 10.6 Å². The number of carbonyl (C=O) groups is 1. The van der Waals surface area contributed by atoms with Crippen LogP contribution in [0, 0.1) is 0 Å². The number of benzene rings is 1. The third-order valence-electron chi connectivity index (χ3n) is 1.89. The Bertz CT molecular complexity index is 401. The van der Waals surface area contributed by atoms with Gasteiger partial charge in [-0.25, -0.2) is 4.79 Å². The van der Waals surface area contributed by atoms with Crippen LogP contribution in [0.4, 0.5) is 10.5 Å². The van der Waals surface area contributed by atoms with Gasteiger partial charge in [0.2, 0.25) is 0 Å². The van der Waals surface area contributed by atoms with Crippen LogP contribution in [-0.4, -0.2) is 35.5 Å². The Balaban J connectivity index is 2.48. The van der Waals surface area contributed by atoms with E-state index in [0.29, 0.717) is 15.7 Å². The van der Waals surface area contributed by atoms with Gasteiger partial charge in [0.05, 0.1) is 22.8 Å². The van der Waals surface area contributed by atoms with E-state index in [9.17, 15) is 4.79 Å². The van der Waals surface area contributed by atoms with Gasteiger partial charge in [-0.1, -0.05) is 23.2 Å². The minimum atomic E-state index is -0.977. The van der Waals surface area contributed by atoms with E-state index >= 15 is 0 Å². The summed E-state index contributed by atoms with van der Waals surface area (Å²) in [6.45, 7) is -0.448. The Morgan fingerprint density at radius 3 is 2.65 bits per heavy atom. The Labute approximate surface area is 108 Å². The number of amides is 2. The first kappa shape index (κ1) is 14.1. The molecule has 0 aliphatic carbocycles. The molecule has 1 atom stereocenters. The molecule has 0 bridgehead atoms. The van der Waals surface area contributed by atoms with Gasteiger partial charge < -0.3 is 20.8 Å². The number of aliphatic hydroxyl groups is 2. The summed E-state index contributed by atoms with van der Waals surface area (Å²) in [7, 11) is 0. The largest absolute Gasteiger partial charge is 0.394 e. The van der Waals surface area contributed by atoms with E-state index < -0.39 is 18.7 Å². The van der Waals surface area contributed by atoms with Crippen LogP contribution in [0.15, 0.2) is 18.2 Å². The Hall–Kier alpha value is -1.01. The zero-order valence-electron chi connectivity index (χ0n) is 8.78. The highest BCUT2D eigenvalue weighted by Crippen LogP contribution is 2.24. The molecular weight excluding hydrogens is 267 g/mol. The highest BCUT2D eigenvalue weighted by Gasteiger charge is 2.06. The van der Waals surface area contributed by atoms with Gasteiger partial charge in [0.15, 0.2) is 0 Å². The fraction of sp³-hybridized carbons (Fsp3) is 0.300. The minimum absolute atomic E-state index is 0.0380. The predicted octanol–water partition coefficient (Wildman–Crippen LogP) is 1.47. The van der Waals surface area contributed by atoms with Crippen molar-refractivity contribution in [3.8, 4) is 0 Å². The van der Waals surface area contributed by atoms with Crippen molar-refractivity contribution in [3.05, 3.63) is 28.2 Å². The van der Waals surface area contributed by atoms with Gasteiger partial charge in [-0.15, -0.1) is 0 Å². The average molecular weight is 279 g/mol. The van der Waals surface area contributed by atoms with E-state index in [1.165, 1.54) is 6.07 Å². The molecule has 7 heteroatoms. The van der Waals surface area contributed by atoms with Crippen molar-refractivity contribution >= 4 is 34.9 Å². The highest BCUT2D eigenvalue weighted by molar-refractivity contribution is 6.42. The number of hydrogen-bond acceptors (Lipinski definition) is 3. The highest BCUT2D eigenvalue weighted by atomic mass is 35.5. The van der Waals surface area contributed by atoms with Crippen LogP contribution in [0.2, 0.25) is 10.0 Å². The minimum Gasteiger partial charge on any atom is -0.394 e. The first-order chi connectivity index (χ1) is 8.02. The lowest BCUT2D eigenvalue weighted by molar-refractivity contribution is 0.0965. The SMILES string of the molecule is O=C(NCC(O)CO)Nc1ccc(Cl)c(Cl)c1. The number of anilines is 1. The molecule has 1 rings (SSSR count). The first-order valence-corrected chi connectivity index (χ1v) is 5.57. The summed E-state index contributed by atoms with van der Waals surface area (Å²) in [5.41, 5.74) is 0.482. The van der Waals surface area contributed by atoms with Crippen molar-refractivity contribution in [1.29, 1.82) is 0 Å². The van der Waals surface area contributed by atoms with E-state index in [0.717, 1.165) is 0 Å². The Kier molecular flexibility index (Phi) is 5.50. The quantitative estimate of drug-likeness (QED) is 0.673. The van der Waals surface area contributed by atoms with E-state index in [1.807, 2.05) is 0 Å². The smallest absolute Gasteiger partial charge is 0.319 e. The fourth-order valence-electron chi connectivity index (χ4n) is 1.02. The van der Waals surface area contributed by atoms with Gasteiger partial charge in [-0.05, 0) is 18.2 Å². The number of aliphatic hydroxyl groups excluding tert-OH is 2. The average Bonchev–Trinajstić information content (AvgIpc) is 2.31. The monoisotopic (exact) mass is 278 g/mol. The Morgan fingerprint density at radius 2 is 2.06 bits per heavy atom. The van der Waals surface area contributed by atoms with E-state index in [1.54, 1.807) is 12.1 Å². The second-order valence-electron chi connectivity index (χ2n) is 3.30. The number of halogens is 2. The van der Waals surface area contributed by atoms with Gasteiger partial charge in [0.25, 0.3) is 0 Å². The van der Waals surface area contributed by atoms with Crippen molar-refractivity contribution in [3.63, 3.8) is 0 Å². The molecule has 1 aromatic rings. The molecule has 0 aromatic heterocycles. The first-order valence-electron chi connectivity index (χ1n) is 4.81. The second-order valence-corrected chi connectivity index (χ2v) is 4.11. The number of nitrogens with one attached hydrogen (secondary N) is 2. The van der Waals surface area contributed by atoms with Gasteiger partial charge in [0.1, 0.15) is 0 Å². The molecule has 0 radical (unpaired) electrons. The lowest BCUT2D eigenvalue weighted by Crippen LogP contribution is -2.36. The van der Waals surface area contributed by atoms with Gasteiger partial charge >= 0.3 is 6.03 Å². The molecular formula is C10H12Cl2N2O3. The van der Waals surface area contributed by atoms with Crippen molar-refractivity contribution in [2.75, 3.05) is 18.5 Å². The van der Waals surface area contributed by atoms with Crippen LogP contribution in [0.3, 0.4) is 0 Å². The van der Waals surface area contributed by atoms with Crippen LogP contribution >= 0.6 is 23.2 Å². The van der Waals surface area contributed by atoms with E-state index in [-0.39, 0.29) is 6.54 Å². The summed E-state index contributed by atoms with van der Waals surface area (Å²) in [6, 6.07) is 4.15. The number of carbonyl (C=O) groups excluding carboxylic acids is 1. The predicted molar refractivity (Wildman–Crippen MR) is 66.6 cm³/mol. The van der Waals surface area contributed by atoms with Crippen LogP contribution in [0.25, 0.3) is 0 Å². The van der Waals surface area contributed by atoms with Gasteiger partial charge in [-0.3, -0.25) is 0 Å². The number of urea groups is 1. The van der Waals surface area contributed by atoms with Crippen LogP contribution in [0.1, 0.15) is 0 Å². The molecule has 0 heterocycles. The maximum atomic E-state index is 11.3. The van der Waals surface area contributed by atoms with Crippen molar-refractivity contribution in [1.82, 2.24) is 5.32 Å². The number of hydrogen-bond donors (Lipinski definition) is 4. The molecule has 0 aliphatic heterocycles. The zero-order chi connectivity index (χ0) is 12.8. The lowest BCUT2D eigenvalue weighted by Gasteiger charge is -2.10. The standard InChI is InChI=1S/C10H12Cl2N2O3/c11-8-2-1-6(3-9(8)12)14-10(17)13-4-7(16)5-15/h1-3,7,15-16H,4-5H2,(H2,13,14,17). The van der Waals surface area contributed by atoms with E-state index in [4.69, 9.17) is 33.4 Å². The summed E-state index contributed by atoms with van der Waals surface area (Å²) in [6.07, 6.45) is -0.977. The third kappa shape index (κ3) is 4.79. The molecule has 0 saturated carbocycles. The third-order valence-corrected chi connectivity index (χ3v) is 2.63. The fourth-order valence-corrected chi connectivity index (χ4v) is 1.32. The van der Waals surface area contributed by atoms with Crippen molar-refractivity contribution in [2.24, 2.45) is 0 Å². The van der Waals surface area contributed by atoms with Crippen molar-refractivity contribution in [2.45, 2.75) is 6.10 Å². The van der Waals surface area contributed by atoms with Gasteiger partial charge in [0, 0.05) is 12.2 Å². The second kappa shape index (κ2) is 6.66. The Morgan fingerprint density at radius 1 is 1.35 bits per heavy atom. The molecule has 4 N–H and O–H groups in total. The summed E-state index contributed by atoms with van der Waals surface area (Å²) in [5.74, 6) is 0. The number of rotatable bonds is 4. The molecule has 17 heavy (non-hydrogen) atoms. The molecule has 0 spiro atoms. The van der Waals surface area contributed by atoms with Crippen LogP contribution in [0.5, 0.6) is 0 Å². The zero-order valence-corrected chi connectivity index (χ0v) is 10.3. The molecule has 2 amide bonds. The van der Waals surface area contributed by atoms with Gasteiger partial charge in [-0.2, -0.15) is 0 Å². The molecule has 1 unspecified atom stereocenters. The summed E-state index contributed by atoms with van der Waals surface area (Å²) in [5, 5.41) is 23.2. The van der Waals surface area contributed by atoms with Crippen LogP contribution < -0.4 is 10.6 Å². The molecule has 1 aromatic carbocycles. The summed E-state index contributed by atoms with van der Waals surface area (Å²) >= 11 is 11.5. The topological polar surface area (TPSA) is 81.6 Å². The maximum Gasteiger partial charge on any atom is 0.319 e. The maximum absolute atomic E-state index is 11.3. The molecule has 0 saturated heterocycles. The normalized spacial score (nSPS) is 12.0. The molecule has 0 fully saturated rings. The molecule has 0 aliphatic rings. The summed E-state index contributed by atoms with van der Waals surface area (Å²) in [4.78, 5) is 11.3. The summed E-state index contributed by atoms with van der Waals surface area (Å²) < 4.78 is 0. The van der Waals surface area contributed by atoms with Crippen LogP contribution in [-0.2, 0) is 0 Å². The van der Waals surface area contributed by atoms with Crippen molar-refractivity contribution < 1.29 is 15.0 Å². The molecule has 94 valence electrons. The molecule has 5 nitrogen and oxygen atoms in total. The lowest BCUT2D eigenvalue weighted by atomic mass is 10.3.